The number of amides is 1. The number of thioether (sulfide) groups is 1. The van der Waals surface area contributed by atoms with Crippen LogP contribution in [0.2, 0.25) is 0 Å². The van der Waals surface area contributed by atoms with Gasteiger partial charge >= 0.3 is 11.9 Å². The van der Waals surface area contributed by atoms with Crippen molar-refractivity contribution in [1.29, 1.82) is 5.26 Å². The maximum absolute atomic E-state index is 13.8. The molecule has 2 saturated heterocycles. The molecule has 0 aliphatic carbocycles. The molecule has 1 amide bonds. The first-order chi connectivity index (χ1) is 24.3. The zero-order chi connectivity index (χ0) is 36.6. The number of cyclic esters (lactones) is 1. The van der Waals surface area contributed by atoms with E-state index in [9.17, 15) is 24.8 Å². The molecule has 5 heterocycles. The Hall–Kier alpha value is -4.23. The van der Waals surface area contributed by atoms with Crippen molar-refractivity contribution in [2.45, 2.75) is 88.6 Å². The Kier molecular flexibility index (Phi) is 9.02. The highest BCUT2D eigenvalue weighted by molar-refractivity contribution is 7.99. The number of esters is 2. The average molecular weight is 722 g/mol. The number of piperazine rings is 1. The molecule has 3 unspecified atom stereocenters. The Balaban J connectivity index is 1.49. The predicted molar refractivity (Wildman–Crippen MR) is 185 cm³/mol. The molecule has 8 atom stereocenters. The minimum absolute atomic E-state index is 0.0256. The second kappa shape index (κ2) is 13.1. The van der Waals surface area contributed by atoms with Gasteiger partial charge < -0.3 is 39.8 Å². The summed E-state index contributed by atoms with van der Waals surface area (Å²) in [6.45, 7) is 8.37. The number of aryl methyl sites for hydroxylation is 1. The summed E-state index contributed by atoms with van der Waals surface area (Å²) in [5.74, 6) is -0.200. The Morgan fingerprint density at radius 3 is 2.55 bits per heavy atom. The van der Waals surface area contributed by atoms with Crippen molar-refractivity contribution in [1.82, 2.24) is 15.1 Å². The Morgan fingerprint density at radius 2 is 1.88 bits per heavy atom. The number of fused-ring (bicyclic) bond motifs is 9. The first kappa shape index (κ1) is 35.2. The molecule has 15 heteroatoms. The lowest BCUT2D eigenvalue weighted by atomic mass is 9.71. The molecule has 2 aromatic rings. The third kappa shape index (κ3) is 5.37. The summed E-state index contributed by atoms with van der Waals surface area (Å²) >= 11 is 1.37. The Bertz CT molecular complexity index is 1860. The zero-order valence-electron chi connectivity index (χ0n) is 29.6. The number of hydrogen-bond donors (Lipinski definition) is 3. The Morgan fingerprint density at radius 1 is 1.16 bits per heavy atom. The molecule has 4 bridgehead atoms. The van der Waals surface area contributed by atoms with Crippen LogP contribution in [-0.4, -0.2) is 96.3 Å². The van der Waals surface area contributed by atoms with Gasteiger partial charge in [0.2, 0.25) is 12.7 Å². The van der Waals surface area contributed by atoms with Crippen LogP contribution in [0.5, 0.6) is 28.7 Å². The fourth-order valence-electron chi connectivity index (χ4n) is 8.64. The number of nitrogens with zero attached hydrogens (tertiary/aromatic N) is 3. The molecule has 0 saturated carbocycles. The largest absolute Gasteiger partial charge is 0.504 e. The van der Waals surface area contributed by atoms with E-state index in [4.69, 9.17) is 29.4 Å². The number of nitrogens with two attached hydrogens (primary N) is 1. The van der Waals surface area contributed by atoms with Gasteiger partial charge in [-0.25, -0.2) is 4.79 Å². The van der Waals surface area contributed by atoms with E-state index in [0.717, 1.165) is 11.1 Å². The van der Waals surface area contributed by atoms with Crippen LogP contribution in [0, 0.1) is 31.1 Å². The van der Waals surface area contributed by atoms with Crippen molar-refractivity contribution < 1.29 is 43.2 Å². The average Bonchev–Trinajstić information content (AvgIpc) is 3.57. The van der Waals surface area contributed by atoms with Crippen LogP contribution in [-0.2, 0) is 25.5 Å². The molecule has 4 N–H and O–H groups in total. The minimum Gasteiger partial charge on any atom is -0.504 e. The maximum Gasteiger partial charge on any atom is 0.329 e. The van der Waals surface area contributed by atoms with Crippen LogP contribution in [0.25, 0.3) is 0 Å². The van der Waals surface area contributed by atoms with Gasteiger partial charge in [0.05, 0.1) is 36.6 Å². The molecular formula is C36H43N5O9S. The van der Waals surface area contributed by atoms with Crippen molar-refractivity contribution in [3.05, 3.63) is 39.4 Å². The van der Waals surface area contributed by atoms with Crippen molar-refractivity contribution in [2.24, 2.45) is 11.7 Å². The Labute approximate surface area is 300 Å². The minimum atomic E-state index is -1.05. The fourth-order valence-corrected chi connectivity index (χ4v) is 10.1. The number of aromatic hydroxyl groups is 1. The number of nitrogens with one attached hydrogen (secondary N) is 1. The number of phenols is 1. The van der Waals surface area contributed by atoms with Gasteiger partial charge in [-0.15, -0.1) is 11.8 Å². The lowest BCUT2D eigenvalue weighted by molar-refractivity contribution is -0.152. The molecule has 2 fully saturated rings. The van der Waals surface area contributed by atoms with E-state index in [1.165, 1.54) is 25.8 Å². The summed E-state index contributed by atoms with van der Waals surface area (Å²) < 4.78 is 29.8. The second-order valence-electron chi connectivity index (χ2n) is 14.2. The summed E-state index contributed by atoms with van der Waals surface area (Å²) in [6.07, 6.45) is 0.480. The van der Waals surface area contributed by atoms with Crippen molar-refractivity contribution in [3.63, 3.8) is 0 Å². The maximum atomic E-state index is 13.8. The smallest absolute Gasteiger partial charge is 0.329 e. The van der Waals surface area contributed by atoms with Crippen LogP contribution >= 0.6 is 11.8 Å². The second-order valence-corrected chi connectivity index (χ2v) is 15.4. The van der Waals surface area contributed by atoms with E-state index < -0.39 is 59.3 Å². The van der Waals surface area contributed by atoms with Gasteiger partial charge in [-0.2, -0.15) is 5.26 Å². The summed E-state index contributed by atoms with van der Waals surface area (Å²) in [5, 5.41) is 25.1. The van der Waals surface area contributed by atoms with Crippen LogP contribution in [0.15, 0.2) is 6.07 Å². The number of hydrogen-bond acceptors (Lipinski definition) is 14. The number of phenolic OH excluding ortho intramolecular Hbond substituents is 1. The van der Waals surface area contributed by atoms with Gasteiger partial charge in [-0.05, 0) is 44.4 Å². The number of rotatable bonds is 5. The fraction of sp³-hybridized carbons (Fsp3) is 0.556. The molecule has 0 radical (unpaired) electrons. The molecule has 51 heavy (non-hydrogen) atoms. The molecular weight excluding hydrogens is 678 g/mol. The number of benzene rings is 2. The van der Waals surface area contributed by atoms with Crippen molar-refractivity contribution in [2.75, 3.05) is 33.3 Å². The van der Waals surface area contributed by atoms with E-state index in [1.807, 2.05) is 33.9 Å². The normalized spacial score (nSPS) is 28.5. The number of methoxy groups -OCH3 is 1. The third-order valence-corrected chi connectivity index (χ3v) is 12.4. The van der Waals surface area contributed by atoms with Gasteiger partial charge in [0.1, 0.15) is 24.4 Å². The SMILES string of the molecule is COc1c(C)cc2c(c1O)[C@@H]1C3[C@@H]4SCC(NC(=O)C(N)C(C)C)C(=O)OC[C@H](c5c6c(c(C)c(OC(C)=O)c54)OCO6)N3[C@@H](C#N)[C@H](C2)N1C. The van der Waals surface area contributed by atoms with Gasteiger partial charge in [-0.3, -0.25) is 19.4 Å². The van der Waals surface area contributed by atoms with Crippen LogP contribution in [0.1, 0.15) is 71.5 Å². The predicted octanol–water partition coefficient (Wildman–Crippen LogP) is 2.70. The van der Waals surface area contributed by atoms with Crippen LogP contribution in [0.3, 0.4) is 0 Å². The van der Waals surface area contributed by atoms with Gasteiger partial charge in [0.15, 0.2) is 23.0 Å². The highest BCUT2D eigenvalue weighted by atomic mass is 32.2. The molecule has 5 aliphatic heterocycles. The van der Waals surface area contributed by atoms with Gasteiger partial charge in [0, 0.05) is 47.0 Å². The molecule has 14 nitrogen and oxygen atoms in total. The summed E-state index contributed by atoms with van der Waals surface area (Å²) in [7, 11) is 3.48. The third-order valence-electron chi connectivity index (χ3n) is 11.0. The van der Waals surface area contributed by atoms with Gasteiger partial charge in [0.25, 0.3) is 0 Å². The van der Waals surface area contributed by atoms with Crippen LogP contribution < -0.4 is 30.0 Å². The van der Waals surface area contributed by atoms with E-state index in [1.54, 1.807) is 6.92 Å². The van der Waals surface area contributed by atoms with Crippen molar-refractivity contribution in [3.8, 4) is 34.8 Å². The summed E-state index contributed by atoms with van der Waals surface area (Å²) in [4.78, 5) is 43.9. The quantitative estimate of drug-likeness (QED) is 0.302. The highest BCUT2D eigenvalue weighted by Gasteiger charge is 2.60. The number of carbonyl (C=O) groups excluding carboxylic acids is 3. The van der Waals surface area contributed by atoms with E-state index >= 15 is 0 Å². The molecule has 0 spiro atoms. The number of likely N-dealkylation sites (N-methyl/N-ethyl adjacent to an activating group) is 1. The summed E-state index contributed by atoms with van der Waals surface area (Å²) in [5.41, 5.74) is 10.4. The molecule has 7 rings (SSSR count). The van der Waals surface area contributed by atoms with E-state index in [-0.39, 0.29) is 36.9 Å². The zero-order valence-corrected chi connectivity index (χ0v) is 30.5. The monoisotopic (exact) mass is 721 g/mol. The number of ether oxygens (including phenoxy) is 5. The highest BCUT2D eigenvalue weighted by Crippen LogP contribution is 2.64. The molecule has 272 valence electrons. The lowest BCUT2D eigenvalue weighted by Crippen LogP contribution is -2.69. The number of carbonyl (C=O) groups is 3. The number of nitriles is 1. The van der Waals surface area contributed by atoms with Crippen molar-refractivity contribution >= 4 is 29.6 Å². The van der Waals surface area contributed by atoms with Gasteiger partial charge in [-0.1, -0.05) is 19.9 Å². The standard InChI is InChI=1S/C36H43N5O9S/c1-14(2)26(38)35(44)39-19-12-51-34-25-24(33-32(48-13-49-33)16(4)31(25)50-17(5)42)22(11-47-36(19)45)41-21(10-37)20-9-18-8-15(3)30(46-7)29(43)23(18)27(28(34)41)40(20)6/h8,14,19-22,26-28,34,43H,9,11-13,38H2,1-7H3,(H,39,44)/t19?,20-,21-,22+,26?,27+,28?,34+/m0/s1. The molecule has 0 aromatic heterocycles. The molecule has 5 aliphatic rings. The molecule has 2 aromatic carbocycles. The first-order valence-electron chi connectivity index (χ1n) is 17.1. The van der Waals surface area contributed by atoms with E-state index in [2.05, 4.69) is 21.2 Å². The topological polar surface area (TPSA) is 186 Å². The summed E-state index contributed by atoms with van der Waals surface area (Å²) in [6, 6.07) is -0.0689. The lowest BCUT2D eigenvalue weighted by Gasteiger charge is -2.61. The first-order valence-corrected chi connectivity index (χ1v) is 18.1. The van der Waals surface area contributed by atoms with E-state index in [0.29, 0.717) is 51.7 Å². The van der Waals surface area contributed by atoms with Crippen LogP contribution in [0.4, 0.5) is 0 Å².